The van der Waals surface area contributed by atoms with Crippen molar-refractivity contribution in [3.05, 3.63) is 84.0 Å². The van der Waals surface area contributed by atoms with Crippen molar-refractivity contribution in [2.45, 2.75) is 20.4 Å². The summed E-state index contributed by atoms with van der Waals surface area (Å²) in [5, 5.41) is 9.81. The molecule has 36 heavy (non-hydrogen) atoms. The van der Waals surface area contributed by atoms with Gasteiger partial charge in [-0.2, -0.15) is 5.10 Å². The number of allylic oxidation sites excluding steroid dienone is 3. The second-order valence-corrected chi connectivity index (χ2v) is 8.22. The van der Waals surface area contributed by atoms with E-state index in [1.165, 1.54) is 6.20 Å². The van der Waals surface area contributed by atoms with Crippen LogP contribution in [0.25, 0.3) is 0 Å². The molecular formula is C26H33N7O3. The first-order valence-electron chi connectivity index (χ1n) is 11.8. The average Bonchev–Trinajstić information content (AvgIpc) is 3.30. The fraction of sp³-hybridized carbons (Fsp3) is 0.308. The molecule has 10 heteroatoms. The number of para-hydroxylation sites is 1. The molecule has 1 saturated heterocycles. The van der Waals surface area contributed by atoms with Crippen LogP contribution in [0.2, 0.25) is 0 Å². The van der Waals surface area contributed by atoms with Crippen LogP contribution in [0.5, 0.6) is 0 Å². The van der Waals surface area contributed by atoms with Gasteiger partial charge in [0.25, 0.3) is 11.8 Å². The van der Waals surface area contributed by atoms with Crippen LogP contribution < -0.4 is 21.3 Å². The number of anilines is 1. The molecule has 2 aromatic rings. The standard InChI is InChI=1S/C26H33N7O3/c1-4-20(9-8-12-27)29-25(35)21-10-6-7-11-22(21)31-13-15-32(16-14-31)24(34)18-28-26(36)23-17-19(3)30-33(23)5-2/h4,6-12,17H,1,5,13-16,18,27H2,2-3H3,(H,28,36)(H,29,35)/b12-8-,20-9+. The molecule has 1 aliphatic rings. The van der Waals surface area contributed by atoms with Gasteiger partial charge < -0.3 is 26.2 Å². The van der Waals surface area contributed by atoms with Crippen molar-refractivity contribution in [1.82, 2.24) is 25.3 Å². The summed E-state index contributed by atoms with van der Waals surface area (Å²) >= 11 is 0. The van der Waals surface area contributed by atoms with E-state index in [-0.39, 0.29) is 24.3 Å². The highest BCUT2D eigenvalue weighted by Gasteiger charge is 2.24. The zero-order valence-corrected chi connectivity index (χ0v) is 20.7. The van der Waals surface area contributed by atoms with Gasteiger partial charge >= 0.3 is 0 Å². The minimum atomic E-state index is -0.320. The number of nitrogens with two attached hydrogens (primary N) is 1. The first kappa shape index (κ1) is 26.3. The fourth-order valence-electron chi connectivity index (χ4n) is 3.98. The van der Waals surface area contributed by atoms with Crippen LogP contribution in [0.4, 0.5) is 5.69 Å². The van der Waals surface area contributed by atoms with E-state index >= 15 is 0 Å². The van der Waals surface area contributed by atoms with Crippen LogP contribution in [-0.2, 0) is 11.3 Å². The van der Waals surface area contributed by atoms with Gasteiger partial charge in [0, 0.05) is 44.1 Å². The van der Waals surface area contributed by atoms with Crippen molar-refractivity contribution < 1.29 is 14.4 Å². The van der Waals surface area contributed by atoms with Crippen LogP contribution in [-0.4, -0.2) is 65.1 Å². The minimum absolute atomic E-state index is 0.0837. The quantitative estimate of drug-likeness (QED) is 0.457. The minimum Gasteiger partial charge on any atom is -0.405 e. The molecule has 0 radical (unpaired) electrons. The van der Waals surface area contributed by atoms with E-state index < -0.39 is 0 Å². The molecule has 1 aliphatic heterocycles. The highest BCUT2D eigenvalue weighted by atomic mass is 16.2. The lowest BCUT2D eigenvalue weighted by Crippen LogP contribution is -2.51. The fourth-order valence-corrected chi connectivity index (χ4v) is 3.98. The molecule has 1 aromatic heterocycles. The van der Waals surface area contributed by atoms with Crippen LogP contribution in [0.3, 0.4) is 0 Å². The second-order valence-electron chi connectivity index (χ2n) is 8.22. The largest absolute Gasteiger partial charge is 0.405 e. The Balaban J connectivity index is 1.58. The lowest BCUT2D eigenvalue weighted by atomic mass is 10.1. The van der Waals surface area contributed by atoms with E-state index in [0.717, 1.165) is 11.4 Å². The predicted octanol–water partition coefficient (Wildman–Crippen LogP) is 1.56. The Morgan fingerprint density at radius 3 is 2.53 bits per heavy atom. The number of amides is 3. The van der Waals surface area contributed by atoms with E-state index in [1.54, 1.807) is 39.9 Å². The van der Waals surface area contributed by atoms with Crippen molar-refractivity contribution in [3.63, 3.8) is 0 Å². The van der Waals surface area contributed by atoms with Gasteiger partial charge in [-0.1, -0.05) is 18.7 Å². The number of carbonyl (C=O) groups is 3. The van der Waals surface area contributed by atoms with Crippen LogP contribution in [0, 0.1) is 6.92 Å². The van der Waals surface area contributed by atoms with Gasteiger partial charge in [-0.15, -0.1) is 0 Å². The van der Waals surface area contributed by atoms with Gasteiger partial charge in [-0.3, -0.25) is 19.1 Å². The highest BCUT2D eigenvalue weighted by molar-refractivity contribution is 6.01. The van der Waals surface area contributed by atoms with Gasteiger partial charge in [0.2, 0.25) is 5.91 Å². The van der Waals surface area contributed by atoms with Crippen molar-refractivity contribution in [2.75, 3.05) is 37.6 Å². The van der Waals surface area contributed by atoms with Crippen molar-refractivity contribution >= 4 is 23.4 Å². The predicted molar refractivity (Wildman–Crippen MR) is 139 cm³/mol. The zero-order valence-electron chi connectivity index (χ0n) is 20.7. The van der Waals surface area contributed by atoms with E-state index in [4.69, 9.17) is 5.73 Å². The molecule has 4 N–H and O–H groups in total. The summed E-state index contributed by atoms with van der Waals surface area (Å²) in [6, 6.07) is 9.05. The van der Waals surface area contributed by atoms with Crippen LogP contribution in [0.15, 0.2) is 67.0 Å². The number of nitrogens with one attached hydrogen (secondary N) is 2. The number of nitrogens with zero attached hydrogens (tertiary/aromatic N) is 4. The van der Waals surface area contributed by atoms with E-state index in [1.807, 2.05) is 32.0 Å². The summed E-state index contributed by atoms with van der Waals surface area (Å²) in [7, 11) is 0. The number of hydrogen-bond donors (Lipinski definition) is 3. The zero-order chi connectivity index (χ0) is 26.1. The molecule has 0 bridgehead atoms. The Morgan fingerprint density at radius 2 is 1.86 bits per heavy atom. The van der Waals surface area contributed by atoms with Gasteiger partial charge in [0.05, 0.1) is 17.8 Å². The van der Waals surface area contributed by atoms with Crippen molar-refractivity contribution in [2.24, 2.45) is 5.73 Å². The number of rotatable bonds is 9. The maximum atomic E-state index is 12.9. The summed E-state index contributed by atoms with van der Waals surface area (Å²) in [5.41, 5.74) is 8.41. The summed E-state index contributed by atoms with van der Waals surface area (Å²) in [5.74, 6) is -0.730. The molecule has 0 aliphatic carbocycles. The third kappa shape index (κ3) is 6.41. The Kier molecular flexibility index (Phi) is 9.04. The van der Waals surface area contributed by atoms with Crippen molar-refractivity contribution in [1.29, 1.82) is 0 Å². The monoisotopic (exact) mass is 491 g/mol. The smallest absolute Gasteiger partial charge is 0.269 e. The molecule has 0 unspecified atom stereocenters. The third-order valence-electron chi connectivity index (χ3n) is 5.82. The molecule has 10 nitrogen and oxygen atoms in total. The molecule has 1 fully saturated rings. The molecule has 0 atom stereocenters. The normalized spacial score (nSPS) is 14.1. The van der Waals surface area contributed by atoms with E-state index in [0.29, 0.717) is 49.7 Å². The number of aryl methyl sites for hydroxylation is 2. The van der Waals surface area contributed by atoms with Crippen molar-refractivity contribution in [3.8, 4) is 0 Å². The Hall–Kier alpha value is -4.34. The Bertz CT molecular complexity index is 1170. The lowest BCUT2D eigenvalue weighted by molar-refractivity contribution is -0.130. The molecule has 2 heterocycles. The summed E-state index contributed by atoms with van der Waals surface area (Å²) in [6.07, 6.45) is 6.19. The second kappa shape index (κ2) is 12.4. The number of piperazine rings is 1. The Labute approximate surface area is 211 Å². The van der Waals surface area contributed by atoms with Gasteiger partial charge in [-0.05, 0) is 56.5 Å². The molecule has 3 rings (SSSR count). The van der Waals surface area contributed by atoms with E-state index in [9.17, 15) is 14.4 Å². The number of benzene rings is 1. The molecular weight excluding hydrogens is 458 g/mol. The Morgan fingerprint density at radius 1 is 1.14 bits per heavy atom. The maximum Gasteiger partial charge on any atom is 0.269 e. The third-order valence-corrected chi connectivity index (χ3v) is 5.82. The summed E-state index contributed by atoms with van der Waals surface area (Å²) in [4.78, 5) is 42.0. The lowest BCUT2D eigenvalue weighted by Gasteiger charge is -2.37. The first-order valence-corrected chi connectivity index (χ1v) is 11.8. The first-order chi connectivity index (χ1) is 17.4. The van der Waals surface area contributed by atoms with Crippen LogP contribution >= 0.6 is 0 Å². The maximum absolute atomic E-state index is 12.9. The van der Waals surface area contributed by atoms with Gasteiger partial charge in [-0.25, -0.2) is 0 Å². The SMILES string of the molecule is C=C/C(=C\C=C/N)NC(=O)c1ccccc1N1CCN(C(=O)CNC(=O)c2cc(C)nn2CC)CC1. The summed E-state index contributed by atoms with van der Waals surface area (Å²) in [6.45, 7) is 10.0. The van der Waals surface area contributed by atoms with E-state index in [2.05, 4.69) is 27.2 Å². The van der Waals surface area contributed by atoms with Gasteiger partial charge in [0.1, 0.15) is 5.69 Å². The number of hydrogen-bond acceptors (Lipinski definition) is 6. The molecule has 0 saturated carbocycles. The van der Waals surface area contributed by atoms with Gasteiger partial charge in [0.15, 0.2) is 0 Å². The van der Waals surface area contributed by atoms with Crippen LogP contribution in [0.1, 0.15) is 33.5 Å². The average molecular weight is 492 g/mol. The molecule has 190 valence electrons. The number of aromatic nitrogens is 2. The molecule has 1 aromatic carbocycles. The number of carbonyl (C=O) groups excluding carboxylic acids is 3. The summed E-state index contributed by atoms with van der Waals surface area (Å²) < 4.78 is 1.62. The molecule has 3 amide bonds. The highest BCUT2D eigenvalue weighted by Crippen LogP contribution is 2.22. The topological polar surface area (TPSA) is 126 Å². The molecule has 0 spiro atoms.